The Morgan fingerprint density at radius 1 is 1.25 bits per heavy atom. The van der Waals surface area contributed by atoms with Crippen LogP contribution < -0.4 is 11.2 Å². The predicted molar refractivity (Wildman–Crippen MR) is 46.6 cm³/mol. The van der Waals surface area contributed by atoms with Gasteiger partial charge in [0.05, 0.1) is 6.61 Å². The van der Waals surface area contributed by atoms with Crippen molar-refractivity contribution in [1.29, 1.82) is 0 Å². The van der Waals surface area contributed by atoms with Crippen molar-refractivity contribution in [3.63, 3.8) is 0 Å². The Hall–Kier alpha value is -1.04. The van der Waals surface area contributed by atoms with Crippen LogP contribution in [0.2, 0.25) is 0 Å². The van der Waals surface area contributed by atoms with Crippen LogP contribution in [0.5, 0.6) is 0 Å². The maximum atomic E-state index is 8.79. The molecule has 0 aliphatic heterocycles. The van der Waals surface area contributed by atoms with Crippen molar-refractivity contribution in [2.45, 2.75) is 6.61 Å². The third-order valence-electron chi connectivity index (χ3n) is 1.52. The molecule has 0 amide bonds. The van der Waals surface area contributed by atoms with E-state index in [2.05, 4.69) is 0 Å². The van der Waals surface area contributed by atoms with Crippen LogP contribution in [0.4, 0.5) is 5.69 Å². The largest absolute Gasteiger partial charge is 0.488 e. The van der Waals surface area contributed by atoms with Crippen molar-refractivity contribution in [1.82, 2.24) is 0 Å². The topological polar surface area (TPSA) is 86.7 Å². The van der Waals surface area contributed by atoms with Crippen molar-refractivity contribution in [3.8, 4) is 0 Å². The Bertz CT molecular complexity index is 277. The fourth-order valence-corrected chi connectivity index (χ4v) is 0.986. The first-order valence-corrected chi connectivity index (χ1v) is 3.50. The molecule has 0 bridgehead atoms. The van der Waals surface area contributed by atoms with Crippen molar-refractivity contribution in [3.05, 3.63) is 23.8 Å². The molecule has 0 unspecified atom stereocenters. The monoisotopic (exact) mass is 167 g/mol. The Morgan fingerprint density at radius 2 is 1.92 bits per heavy atom. The van der Waals surface area contributed by atoms with E-state index >= 15 is 0 Å². The van der Waals surface area contributed by atoms with Crippen LogP contribution in [0.1, 0.15) is 5.56 Å². The van der Waals surface area contributed by atoms with E-state index in [1.54, 1.807) is 6.07 Å². The Balaban J connectivity index is 3.06. The van der Waals surface area contributed by atoms with Gasteiger partial charge in [-0.1, -0.05) is 6.07 Å². The highest BCUT2D eigenvalue weighted by molar-refractivity contribution is 6.58. The van der Waals surface area contributed by atoms with Crippen molar-refractivity contribution < 1.29 is 15.2 Å². The second kappa shape index (κ2) is 3.58. The molecule has 5 N–H and O–H groups in total. The maximum Gasteiger partial charge on any atom is 0.488 e. The van der Waals surface area contributed by atoms with Crippen LogP contribution in [0.15, 0.2) is 18.2 Å². The van der Waals surface area contributed by atoms with Gasteiger partial charge in [-0.2, -0.15) is 0 Å². The highest BCUT2D eigenvalue weighted by Crippen LogP contribution is 2.04. The third kappa shape index (κ3) is 1.98. The van der Waals surface area contributed by atoms with Gasteiger partial charge in [-0.05, 0) is 23.2 Å². The van der Waals surface area contributed by atoms with Gasteiger partial charge in [0.2, 0.25) is 0 Å². The lowest BCUT2D eigenvalue weighted by molar-refractivity contribution is 0.282. The lowest BCUT2D eigenvalue weighted by Crippen LogP contribution is -2.30. The standard InChI is InChI=1S/C7H10BNO3/c9-7-2-5(4-10)1-6(3-7)8(11)12/h1-3,10-12H,4,9H2. The second-order valence-electron chi connectivity index (χ2n) is 2.54. The van der Waals surface area contributed by atoms with Crippen LogP contribution in [0.25, 0.3) is 0 Å². The molecule has 0 radical (unpaired) electrons. The number of hydrogen-bond donors (Lipinski definition) is 4. The van der Waals surface area contributed by atoms with Gasteiger partial charge < -0.3 is 20.9 Å². The number of nitrogens with two attached hydrogens (primary N) is 1. The summed E-state index contributed by atoms with van der Waals surface area (Å²) in [6.07, 6.45) is 0. The van der Waals surface area contributed by atoms with Gasteiger partial charge in [-0.15, -0.1) is 0 Å². The number of nitrogen functional groups attached to an aromatic ring is 1. The first kappa shape index (κ1) is 9.06. The van der Waals surface area contributed by atoms with Gasteiger partial charge in [0.15, 0.2) is 0 Å². The normalized spacial score (nSPS) is 9.92. The second-order valence-corrected chi connectivity index (χ2v) is 2.54. The molecule has 64 valence electrons. The van der Waals surface area contributed by atoms with Gasteiger partial charge in [0.1, 0.15) is 0 Å². The minimum absolute atomic E-state index is 0.162. The summed E-state index contributed by atoms with van der Waals surface area (Å²) < 4.78 is 0. The number of aliphatic hydroxyl groups is 1. The van der Waals surface area contributed by atoms with E-state index in [0.29, 0.717) is 16.7 Å². The molecule has 0 aromatic heterocycles. The fourth-order valence-electron chi connectivity index (χ4n) is 0.986. The van der Waals surface area contributed by atoms with E-state index in [1.807, 2.05) is 0 Å². The molecule has 0 atom stereocenters. The van der Waals surface area contributed by atoms with Gasteiger partial charge in [-0.3, -0.25) is 0 Å². The fraction of sp³-hybridized carbons (Fsp3) is 0.143. The molecule has 0 saturated heterocycles. The third-order valence-corrected chi connectivity index (χ3v) is 1.52. The molecule has 0 heterocycles. The number of hydrogen-bond acceptors (Lipinski definition) is 4. The zero-order valence-electron chi connectivity index (χ0n) is 6.44. The maximum absolute atomic E-state index is 8.79. The predicted octanol–water partition coefficient (Wildman–Crippen LogP) is -1.56. The van der Waals surface area contributed by atoms with E-state index in [0.717, 1.165) is 0 Å². The minimum atomic E-state index is -1.54. The van der Waals surface area contributed by atoms with E-state index < -0.39 is 7.12 Å². The molecule has 0 spiro atoms. The number of aliphatic hydroxyl groups excluding tert-OH is 1. The molecule has 1 rings (SSSR count). The number of anilines is 1. The highest BCUT2D eigenvalue weighted by atomic mass is 16.4. The van der Waals surface area contributed by atoms with Crippen molar-refractivity contribution >= 4 is 18.3 Å². The van der Waals surface area contributed by atoms with Gasteiger partial charge >= 0.3 is 7.12 Å². The smallest absolute Gasteiger partial charge is 0.423 e. The van der Waals surface area contributed by atoms with Gasteiger partial charge in [0.25, 0.3) is 0 Å². The molecule has 0 saturated carbocycles. The quantitative estimate of drug-likeness (QED) is 0.317. The summed E-state index contributed by atoms with van der Waals surface area (Å²) in [7, 11) is -1.54. The lowest BCUT2D eigenvalue weighted by Gasteiger charge is -2.03. The molecule has 4 nitrogen and oxygen atoms in total. The minimum Gasteiger partial charge on any atom is -0.423 e. The van der Waals surface area contributed by atoms with Crippen LogP contribution in [-0.2, 0) is 6.61 Å². The average molecular weight is 167 g/mol. The lowest BCUT2D eigenvalue weighted by atomic mass is 9.79. The van der Waals surface area contributed by atoms with Crippen LogP contribution >= 0.6 is 0 Å². The van der Waals surface area contributed by atoms with Crippen LogP contribution in [0, 0.1) is 0 Å². The zero-order valence-corrected chi connectivity index (χ0v) is 6.44. The summed E-state index contributed by atoms with van der Waals surface area (Å²) in [6, 6.07) is 4.51. The van der Waals surface area contributed by atoms with Crippen LogP contribution in [-0.4, -0.2) is 22.3 Å². The SMILES string of the molecule is Nc1cc(CO)cc(B(O)O)c1. The molecule has 1 aromatic carbocycles. The molecule has 1 aromatic rings. The molecule has 12 heavy (non-hydrogen) atoms. The molecular formula is C7H10BNO3. The molecule has 0 aliphatic rings. The van der Waals surface area contributed by atoms with Gasteiger partial charge in [0, 0.05) is 5.69 Å². The summed E-state index contributed by atoms with van der Waals surface area (Å²) in [5, 5.41) is 26.3. The van der Waals surface area contributed by atoms with E-state index in [1.165, 1.54) is 12.1 Å². The first-order valence-electron chi connectivity index (χ1n) is 3.50. The Labute approximate surface area is 70.4 Å². The Morgan fingerprint density at radius 3 is 2.42 bits per heavy atom. The van der Waals surface area contributed by atoms with Crippen LogP contribution in [0.3, 0.4) is 0 Å². The summed E-state index contributed by atoms with van der Waals surface area (Å²) in [6.45, 7) is -0.162. The summed E-state index contributed by atoms with van der Waals surface area (Å²) >= 11 is 0. The number of benzene rings is 1. The molecule has 0 aliphatic carbocycles. The zero-order chi connectivity index (χ0) is 9.14. The first-order chi connectivity index (χ1) is 5.63. The number of rotatable bonds is 2. The van der Waals surface area contributed by atoms with E-state index in [4.69, 9.17) is 20.9 Å². The van der Waals surface area contributed by atoms with Crippen molar-refractivity contribution in [2.24, 2.45) is 0 Å². The van der Waals surface area contributed by atoms with Gasteiger partial charge in [-0.25, -0.2) is 0 Å². The van der Waals surface area contributed by atoms with E-state index in [-0.39, 0.29) is 6.61 Å². The highest BCUT2D eigenvalue weighted by Gasteiger charge is 2.11. The van der Waals surface area contributed by atoms with Crippen molar-refractivity contribution in [2.75, 3.05) is 5.73 Å². The molecule has 0 fully saturated rings. The van der Waals surface area contributed by atoms with E-state index in [9.17, 15) is 0 Å². The average Bonchev–Trinajstić information content (AvgIpc) is 2.03. The summed E-state index contributed by atoms with van der Waals surface area (Å²) in [5.74, 6) is 0. The molecule has 5 heteroatoms. The molecular weight excluding hydrogens is 157 g/mol. The summed E-state index contributed by atoms with van der Waals surface area (Å²) in [5.41, 5.74) is 6.70. The summed E-state index contributed by atoms with van der Waals surface area (Å²) in [4.78, 5) is 0. The Kier molecular flexibility index (Phi) is 2.70.